The maximum absolute atomic E-state index is 12.1. The molecule has 0 saturated carbocycles. The van der Waals surface area contributed by atoms with E-state index in [-0.39, 0.29) is 18.0 Å². The highest BCUT2D eigenvalue weighted by Crippen LogP contribution is 2.16. The molecule has 0 atom stereocenters. The Morgan fingerprint density at radius 3 is 2.31 bits per heavy atom. The summed E-state index contributed by atoms with van der Waals surface area (Å²) in [5.41, 5.74) is 0. The second kappa shape index (κ2) is 5.95. The quantitative estimate of drug-likeness (QED) is 0.810. The van der Waals surface area contributed by atoms with E-state index in [0.717, 1.165) is 3.57 Å². The van der Waals surface area contributed by atoms with E-state index >= 15 is 0 Å². The third-order valence-electron chi connectivity index (χ3n) is 2.15. The zero-order valence-electron chi connectivity index (χ0n) is 8.93. The maximum atomic E-state index is 12.1. The standard InChI is InChI=1S/C10H14INO3S/c1-2-12(7-8-13)16(14,15)10-5-3-9(11)4-6-10/h3-6,13H,2,7-8H2,1H3. The molecule has 0 aliphatic rings. The minimum absolute atomic E-state index is 0.130. The first kappa shape index (κ1) is 13.9. The van der Waals surface area contributed by atoms with Gasteiger partial charge < -0.3 is 5.11 Å². The van der Waals surface area contributed by atoms with Gasteiger partial charge in [0.15, 0.2) is 0 Å². The Morgan fingerprint density at radius 2 is 1.88 bits per heavy atom. The Hall–Kier alpha value is -0.180. The average molecular weight is 355 g/mol. The van der Waals surface area contributed by atoms with Crippen LogP contribution < -0.4 is 0 Å². The molecule has 1 aromatic carbocycles. The molecule has 1 N–H and O–H groups in total. The van der Waals surface area contributed by atoms with Crippen LogP contribution in [0.4, 0.5) is 0 Å². The normalized spacial score (nSPS) is 12.0. The lowest BCUT2D eigenvalue weighted by atomic mass is 10.4. The smallest absolute Gasteiger partial charge is 0.243 e. The molecular weight excluding hydrogens is 341 g/mol. The van der Waals surface area contributed by atoms with Crippen molar-refractivity contribution >= 4 is 32.6 Å². The topological polar surface area (TPSA) is 57.6 Å². The van der Waals surface area contributed by atoms with Crippen molar-refractivity contribution < 1.29 is 13.5 Å². The van der Waals surface area contributed by atoms with Gasteiger partial charge in [-0.1, -0.05) is 6.92 Å². The molecule has 0 amide bonds. The highest BCUT2D eigenvalue weighted by atomic mass is 127. The lowest BCUT2D eigenvalue weighted by molar-refractivity contribution is 0.257. The Bertz CT molecular complexity index is 430. The van der Waals surface area contributed by atoms with Crippen molar-refractivity contribution in [2.24, 2.45) is 0 Å². The first-order valence-corrected chi connectivity index (χ1v) is 7.40. The Labute approximate surface area is 109 Å². The van der Waals surface area contributed by atoms with Crippen LogP contribution in [-0.2, 0) is 10.0 Å². The second-order valence-electron chi connectivity index (χ2n) is 3.17. The summed E-state index contributed by atoms with van der Waals surface area (Å²) < 4.78 is 26.4. The van der Waals surface area contributed by atoms with Crippen LogP contribution in [-0.4, -0.2) is 37.5 Å². The Balaban J connectivity index is 3.04. The fourth-order valence-electron chi connectivity index (χ4n) is 1.32. The van der Waals surface area contributed by atoms with Crippen molar-refractivity contribution in [3.8, 4) is 0 Å². The van der Waals surface area contributed by atoms with Crippen molar-refractivity contribution in [3.05, 3.63) is 27.8 Å². The van der Waals surface area contributed by atoms with Crippen LogP contribution in [0.1, 0.15) is 6.92 Å². The monoisotopic (exact) mass is 355 g/mol. The third kappa shape index (κ3) is 3.16. The van der Waals surface area contributed by atoms with E-state index in [0.29, 0.717) is 6.54 Å². The molecule has 0 aromatic heterocycles. The lowest BCUT2D eigenvalue weighted by Crippen LogP contribution is -2.33. The molecule has 0 radical (unpaired) electrons. The van der Waals surface area contributed by atoms with E-state index in [1.807, 2.05) is 0 Å². The van der Waals surface area contributed by atoms with E-state index in [4.69, 9.17) is 5.11 Å². The highest BCUT2D eigenvalue weighted by molar-refractivity contribution is 14.1. The summed E-state index contributed by atoms with van der Waals surface area (Å²) in [7, 11) is -3.46. The molecule has 0 aliphatic heterocycles. The summed E-state index contributed by atoms with van der Waals surface area (Å²) in [6.45, 7) is 2.07. The number of aliphatic hydroxyl groups is 1. The first-order valence-electron chi connectivity index (χ1n) is 4.89. The first-order chi connectivity index (χ1) is 7.52. The van der Waals surface area contributed by atoms with Crippen LogP contribution in [0.2, 0.25) is 0 Å². The number of halogens is 1. The third-order valence-corrected chi connectivity index (χ3v) is 4.86. The number of benzene rings is 1. The predicted octanol–water partition coefficient (Wildman–Crippen LogP) is 1.29. The van der Waals surface area contributed by atoms with Gasteiger partial charge in [0.05, 0.1) is 11.5 Å². The van der Waals surface area contributed by atoms with E-state index in [9.17, 15) is 8.42 Å². The number of sulfonamides is 1. The van der Waals surface area contributed by atoms with Crippen molar-refractivity contribution in [2.45, 2.75) is 11.8 Å². The fraction of sp³-hybridized carbons (Fsp3) is 0.400. The van der Waals surface area contributed by atoms with Gasteiger partial charge in [-0.15, -0.1) is 0 Å². The summed E-state index contributed by atoms with van der Waals surface area (Å²) in [4.78, 5) is 0.267. The van der Waals surface area contributed by atoms with E-state index in [2.05, 4.69) is 22.6 Å². The van der Waals surface area contributed by atoms with Gasteiger partial charge >= 0.3 is 0 Å². The van der Waals surface area contributed by atoms with Crippen molar-refractivity contribution in [1.29, 1.82) is 0 Å². The largest absolute Gasteiger partial charge is 0.395 e. The van der Waals surface area contributed by atoms with Crippen LogP contribution in [0.25, 0.3) is 0 Å². The number of rotatable bonds is 5. The van der Waals surface area contributed by atoms with Crippen molar-refractivity contribution in [1.82, 2.24) is 4.31 Å². The van der Waals surface area contributed by atoms with E-state index < -0.39 is 10.0 Å². The highest BCUT2D eigenvalue weighted by Gasteiger charge is 2.21. The predicted molar refractivity (Wildman–Crippen MR) is 70.7 cm³/mol. The molecule has 0 fully saturated rings. The Morgan fingerprint density at radius 1 is 1.31 bits per heavy atom. The molecule has 1 rings (SSSR count). The molecule has 0 spiro atoms. The van der Waals surface area contributed by atoms with E-state index in [1.165, 1.54) is 4.31 Å². The molecule has 0 saturated heterocycles. The maximum Gasteiger partial charge on any atom is 0.243 e. The Kier molecular flexibility index (Phi) is 5.16. The van der Waals surface area contributed by atoms with Crippen molar-refractivity contribution in [3.63, 3.8) is 0 Å². The fourth-order valence-corrected chi connectivity index (χ4v) is 3.12. The van der Waals surface area contributed by atoms with E-state index in [1.54, 1.807) is 31.2 Å². The van der Waals surface area contributed by atoms with Gasteiger partial charge in [-0.3, -0.25) is 0 Å². The zero-order valence-corrected chi connectivity index (χ0v) is 11.9. The van der Waals surface area contributed by atoms with Gasteiger partial charge in [-0.25, -0.2) is 8.42 Å². The SMILES string of the molecule is CCN(CCO)S(=O)(=O)c1ccc(I)cc1. The molecule has 1 aromatic rings. The number of likely N-dealkylation sites (N-methyl/N-ethyl adjacent to an activating group) is 1. The average Bonchev–Trinajstić information content (AvgIpc) is 2.26. The van der Waals surface area contributed by atoms with Gasteiger partial charge in [0, 0.05) is 16.7 Å². The van der Waals surface area contributed by atoms with Crippen LogP contribution in [0.5, 0.6) is 0 Å². The molecule has 90 valence electrons. The molecule has 0 unspecified atom stereocenters. The number of hydrogen-bond donors (Lipinski definition) is 1. The van der Waals surface area contributed by atoms with Crippen LogP contribution in [0, 0.1) is 3.57 Å². The molecule has 6 heteroatoms. The molecule has 0 aliphatic carbocycles. The van der Waals surface area contributed by atoms with Gasteiger partial charge in [0.25, 0.3) is 0 Å². The summed E-state index contributed by atoms with van der Waals surface area (Å²) in [5, 5.41) is 8.81. The molecule has 0 heterocycles. The number of hydrogen-bond acceptors (Lipinski definition) is 3. The van der Waals surface area contributed by atoms with Gasteiger partial charge in [-0.05, 0) is 46.9 Å². The van der Waals surface area contributed by atoms with Crippen molar-refractivity contribution in [2.75, 3.05) is 19.7 Å². The summed E-state index contributed by atoms with van der Waals surface area (Å²) in [5.74, 6) is 0. The minimum Gasteiger partial charge on any atom is -0.395 e. The molecular formula is C10H14INO3S. The summed E-state index contributed by atoms with van der Waals surface area (Å²) in [6, 6.07) is 6.66. The van der Waals surface area contributed by atoms with Crippen LogP contribution in [0.3, 0.4) is 0 Å². The molecule has 4 nitrogen and oxygen atoms in total. The zero-order chi connectivity index (χ0) is 12.2. The number of aliphatic hydroxyl groups excluding tert-OH is 1. The van der Waals surface area contributed by atoms with Gasteiger partial charge in [-0.2, -0.15) is 4.31 Å². The molecule has 0 bridgehead atoms. The minimum atomic E-state index is -3.46. The summed E-state index contributed by atoms with van der Waals surface area (Å²) in [6.07, 6.45) is 0. The van der Waals surface area contributed by atoms with Crippen LogP contribution >= 0.6 is 22.6 Å². The number of nitrogens with zero attached hydrogens (tertiary/aromatic N) is 1. The molecule has 16 heavy (non-hydrogen) atoms. The van der Waals surface area contributed by atoms with Gasteiger partial charge in [0.1, 0.15) is 0 Å². The van der Waals surface area contributed by atoms with Gasteiger partial charge in [0.2, 0.25) is 10.0 Å². The second-order valence-corrected chi connectivity index (χ2v) is 6.36. The summed E-state index contributed by atoms with van der Waals surface area (Å²) >= 11 is 2.12. The lowest BCUT2D eigenvalue weighted by Gasteiger charge is -2.19. The van der Waals surface area contributed by atoms with Crippen LogP contribution in [0.15, 0.2) is 29.2 Å².